The van der Waals surface area contributed by atoms with E-state index in [0.29, 0.717) is 18.4 Å². The summed E-state index contributed by atoms with van der Waals surface area (Å²) in [7, 11) is 0. The molecule has 6 nitrogen and oxygen atoms in total. The van der Waals surface area contributed by atoms with Crippen molar-refractivity contribution in [3.63, 3.8) is 0 Å². The van der Waals surface area contributed by atoms with Gasteiger partial charge in [-0.1, -0.05) is 63.3 Å². The molecule has 4 amide bonds. The number of hydrogen-bond donors (Lipinski definition) is 1. The Morgan fingerprint density at radius 2 is 1.61 bits per heavy atom. The molecule has 4 rings (SSSR count). The summed E-state index contributed by atoms with van der Waals surface area (Å²) in [5.41, 5.74) is -0.0366. The molecule has 1 saturated carbocycles. The molecule has 0 bridgehead atoms. The third-order valence-corrected chi connectivity index (χ3v) is 7.31. The van der Waals surface area contributed by atoms with Gasteiger partial charge < -0.3 is 10.2 Å². The van der Waals surface area contributed by atoms with Gasteiger partial charge in [0.05, 0.1) is 0 Å². The van der Waals surface area contributed by atoms with E-state index < -0.39 is 23.3 Å². The average Bonchev–Trinajstić information content (AvgIpc) is 3.13. The topological polar surface area (TPSA) is 69.7 Å². The number of carbonyl (C=O) groups excluding carboxylic acids is 3. The van der Waals surface area contributed by atoms with Crippen LogP contribution in [0.1, 0.15) is 69.4 Å². The number of rotatable bonds is 9. The van der Waals surface area contributed by atoms with Crippen LogP contribution in [0, 0.1) is 11.6 Å². The molecule has 1 aliphatic heterocycles. The quantitative estimate of drug-likeness (QED) is 0.480. The van der Waals surface area contributed by atoms with Crippen molar-refractivity contribution in [1.82, 2.24) is 15.1 Å². The highest BCUT2D eigenvalue weighted by molar-refractivity contribution is 6.09. The van der Waals surface area contributed by atoms with E-state index in [1.54, 1.807) is 17.0 Å². The lowest BCUT2D eigenvalue weighted by atomic mass is 9.84. The number of amides is 4. The van der Waals surface area contributed by atoms with Crippen LogP contribution in [0.3, 0.4) is 0 Å². The first-order valence-corrected chi connectivity index (χ1v) is 12.8. The van der Waals surface area contributed by atoms with Crippen LogP contribution in [0.25, 0.3) is 0 Å². The summed E-state index contributed by atoms with van der Waals surface area (Å²) in [5.74, 6) is -1.60. The smallest absolute Gasteiger partial charge is 0.325 e. The number of benzene rings is 2. The zero-order chi connectivity index (χ0) is 25.7. The second-order valence-corrected chi connectivity index (χ2v) is 9.78. The van der Waals surface area contributed by atoms with E-state index in [0.717, 1.165) is 49.0 Å². The summed E-state index contributed by atoms with van der Waals surface area (Å²) >= 11 is 0. The van der Waals surface area contributed by atoms with Gasteiger partial charge in [-0.15, -0.1) is 0 Å². The molecule has 2 fully saturated rings. The number of halogens is 2. The summed E-state index contributed by atoms with van der Waals surface area (Å²) < 4.78 is 27.0. The fraction of sp³-hybridized carbons (Fsp3) is 0.464. The molecule has 0 spiro atoms. The van der Waals surface area contributed by atoms with Gasteiger partial charge in [-0.2, -0.15) is 0 Å². The standard InChI is InChI=1S/C28H33F2N3O3/c1-2-3-17-28(21-11-15-23(30)16-12-21)26(35)33(27(36)31-28)19-25(34)32(24-7-5-4-6-8-24)18-20-9-13-22(29)14-10-20/h9-16,24H,2-8,17-19H2,1H3,(H,31,36). The van der Waals surface area contributed by atoms with Crippen molar-refractivity contribution in [2.24, 2.45) is 0 Å². The Kier molecular flexibility index (Phi) is 8.01. The molecule has 0 radical (unpaired) electrons. The summed E-state index contributed by atoms with van der Waals surface area (Å²) in [6, 6.07) is 11.0. The van der Waals surface area contributed by atoms with Gasteiger partial charge in [-0.05, 0) is 54.7 Å². The van der Waals surface area contributed by atoms with Crippen molar-refractivity contribution < 1.29 is 23.2 Å². The predicted molar refractivity (Wildman–Crippen MR) is 132 cm³/mol. The van der Waals surface area contributed by atoms with E-state index in [1.165, 1.54) is 36.4 Å². The van der Waals surface area contributed by atoms with Gasteiger partial charge in [-0.3, -0.25) is 14.5 Å². The van der Waals surface area contributed by atoms with E-state index in [-0.39, 0.29) is 30.9 Å². The van der Waals surface area contributed by atoms with Crippen molar-refractivity contribution in [3.05, 3.63) is 71.3 Å². The molecule has 2 aromatic carbocycles. The molecule has 1 heterocycles. The average molecular weight is 498 g/mol. The third kappa shape index (κ3) is 5.42. The van der Waals surface area contributed by atoms with Gasteiger partial charge in [0.1, 0.15) is 23.7 Å². The number of imide groups is 1. The fourth-order valence-electron chi connectivity index (χ4n) is 5.28. The molecule has 2 aliphatic rings. The van der Waals surface area contributed by atoms with E-state index >= 15 is 0 Å². The van der Waals surface area contributed by atoms with Crippen LogP contribution < -0.4 is 5.32 Å². The number of urea groups is 1. The van der Waals surface area contributed by atoms with Crippen LogP contribution in [0.4, 0.5) is 13.6 Å². The number of carbonyl (C=O) groups is 3. The lowest BCUT2D eigenvalue weighted by Gasteiger charge is -2.35. The van der Waals surface area contributed by atoms with Crippen LogP contribution in [0.15, 0.2) is 48.5 Å². The van der Waals surface area contributed by atoms with Crippen molar-refractivity contribution in [1.29, 1.82) is 0 Å². The number of unbranched alkanes of at least 4 members (excludes halogenated alkanes) is 1. The first kappa shape index (κ1) is 25.8. The molecule has 36 heavy (non-hydrogen) atoms. The lowest BCUT2D eigenvalue weighted by Crippen LogP contribution is -2.48. The van der Waals surface area contributed by atoms with Gasteiger partial charge in [0.15, 0.2) is 0 Å². The van der Waals surface area contributed by atoms with Gasteiger partial charge in [0, 0.05) is 12.6 Å². The highest BCUT2D eigenvalue weighted by atomic mass is 19.1. The molecule has 192 valence electrons. The highest BCUT2D eigenvalue weighted by Gasteiger charge is 2.52. The fourth-order valence-corrected chi connectivity index (χ4v) is 5.28. The van der Waals surface area contributed by atoms with Crippen molar-refractivity contribution in [3.8, 4) is 0 Å². The van der Waals surface area contributed by atoms with Gasteiger partial charge in [0.2, 0.25) is 5.91 Å². The summed E-state index contributed by atoms with van der Waals surface area (Å²) in [4.78, 5) is 43.1. The van der Waals surface area contributed by atoms with Crippen LogP contribution in [-0.2, 0) is 21.7 Å². The van der Waals surface area contributed by atoms with Crippen LogP contribution >= 0.6 is 0 Å². The lowest BCUT2D eigenvalue weighted by molar-refractivity contribution is -0.141. The van der Waals surface area contributed by atoms with E-state index in [4.69, 9.17) is 0 Å². The zero-order valence-electron chi connectivity index (χ0n) is 20.6. The predicted octanol–water partition coefficient (Wildman–Crippen LogP) is 5.26. The monoisotopic (exact) mass is 497 g/mol. The molecular formula is C28H33F2N3O3. The van der Waals surface area contributed by atoms with E-state index in [1.807, 2.05) is 6.92 Å². The minimum Gasteiger partial charge on any atom is -0.334 e. The first-order valence-electron chi connectivity index (χ1n) is 12.8. The van der Waals surface area contributed by atoms with Gasteiger partial charge in [0.25, 0.3) is 5.91 Å². The summed E-state index contributed by atoms with van der Waals surface area (Å²) in [6.45, 7) is 1.89. The summed E-state index contributed by atoms with van der Waals surface area (Å²) in [6.07, 6.45) is 6.65. The second-order valence-electron chi connectivity index (χ2n) is 9.78. The number of nitrogens with zero attached hydrogens (tertiary/aromatic N) is 2. The second kappa shape index (κ2) is 11.2. The minimum absolute atomic E-state index is 0.000911. The summed E-state index contributed by atoms with van der Waals surface area (Å²) in [5, 5.41) is 2.82. The van der Waals surface area contributed by atoms with Crippen molar-refractivity contribution >= 4 is 17.8 Å². The Morgan fingerprint density at radius 1 is 1.00 bits per heavy atom. The molecule has 1 aliphatic carbocycles. The maximum atomic E-state index is 13.7. The largest absolute Gasteiger partial charge is 0.334 e. The first-order chi connectivity index (χ1) is 17.3. The SMILES string of the molecule is CCCCC1(c2ccc(F)cc2)NC(=O)N(CC(=O)N(Cc2ccc(F)cc2)C2CCCCC2)C1=O. The molecule has 1 unspecified atom stereocenters. The Bertz CT molecular complexity index is 1080. The molecule has 0 aromatic heterocycles. The highest BCUT2D eigenvalue weighted by Crippen LogP contribution is 2.35. The maximum absolute atomic E-state index is 13.7. The number of nitrogens with one attached hydrogen (secondary N) is 1. The third-order valence-electron chi connectivity index (χ3n) is 7.31. The number of hydrogen-bond acceptors (Lipinski definition) is 3. The van der Waals surface area contributed by atoms with Crippen molar-refractivity contribution in [2.45, 2.75) is 76.4 Å². The molecular weight excluding hydrogens is 464 g/mol. The molecule has 1 saturated heterocycles. The van der Waals surface area contributed by atoms with Gasteiger partial charge in [-0.25, -0.2) is 13.6 Å². The zero-order valence-corrected chi connectivity index (χ0v) is 20.6. The molecule has 2 aromatic rings. The Hall–Kier alpha value is -3.29. The van der Waals surface area contributed by atoms with Crippen LogP contribution in [0.2, 0.25) is 0 Å². The van der Waals surface area contributed by atoms with Crippen LogP contribution in [-0.4, -0.2) is 40.2 Å². The van der Waals surface area contributed by atoms with E-state index in [2.05, 4.69) is 5.32 Å². The Balaban J connectivity index is 1.58. The van der Waals surface area contributed by atoms with E-state index in [9.17, 15) is 23.2 Å². The minimum atomic E-state index is -1.33. The normalized spacial score (nSPS) is 20.5. The van der Waals surface area contributed by atoms with Gasteiger partial charge >= 0.3 is 6.03 Å². The Labute approximate surface area is 210 Å². The maximum Gasteiger partial charge on any atom is 0.325 e. The van der Waals surface area contributed by atoms with Crippen LogP contribution in [0.5, 0.6) is 0 Å². The van der Waals surface area contributed by atoms with Crippen molar-refractivity contribution in [2.75, 3.05) is 6.54 Å². The molecule has 1 N–H and O–H groups in total. The molecule has 1 atom stereocenters. The molecule has 8 heteroatoms. The Morgan fingerprint density at radius 3 is 2.22 bits per heavy atom.